The number of aromatic nitrogens is 3. The smallest absolute Gasteiger partial charge is 0.333 e. The van der Waals surface area contributed by atoms with Crippen LogP contribution in [0, 0.1) is 0 Å². The van der Waals surface area contributed by atoms with Crippen LogP contribution in [0.25, 0.3) is 92.3 Å². The van der Waals surface area contributed by atoms with Gasteiger partial charge in [-0.15, -0.1) is 11.3 Å². The van der Waals surface area contributed by atoms with Crippen molar-refractivity contribution in [3.05, 3.63) is 167 Å². The van der Waals surface area contributed by atoms with Crippen LogP contribution in [0.3, 0.4) is 0 Å². The fourth-order valence-corrected chi connectivity index (χ4v) is 14.1. The maximum atomic E-state index is 5.51. The number of hydrogen-bond donors (Lipinski definition) is 0. The minimum absolute atomic E-state index is 0.0126. The first kappa shape index (κ1) is 42.9. The summed E-state index contributed by atoms with van der Waals surface area (Å²) in [5.74, 6) is 0.973. The summed E-state index contributed by atoms with van der Waals surface area (Å²) in [7, 11) is 2.18. The van der Waals surface area contributed by atoms with Gasteiger partial charge in [-0.25, -0.2) is 4.98 Å². The highest BCUT2D eigenvalue weighted by Gasteiger charge is 2.50. The van der Waals surface area contributed by atoms with Crippen molar-refractivity contribution in [3.8, 4) is 39.3 Å². The number of benzene rings is 8. The quantitative estimate of drug-likeness (QED) is 0.161. The first-order chi connectivity index (χ1) is 33.8. The highest BCUT2D eigenvalue weighted by atomic mass is 32.1. The molecule has 0 saturated carbocycles. The topological polar surface area (TPSA) is 26.0 Å². The fraction of sp³-hybridized carbons (Fsp3) is 0.246. The number of rotatable bonds is 2. The lowest BCUT2D eigenvalue weighted by molar-refractivity contribution is 0.590. The molecule has 0 radical (unpaired) electrons. The summed E-state index contributed by atoms with van der Waals surface area (Å²) in [6.45, 7) is 25.8. The molecule has 0 N–H and O–H groups in total. The van der Waals surface area contributed by atoms with Crippen LogP contribution in [0.1, 0.15) is 104 Å². The number of imidazole rings is 1. The van der Waals surface area contributed by atoms with Crippen molar-refractivity contribution in [3.63, 3.8) is 0 Å². The van der Waals surface area contributed by atoms with Crippen molar-refractivity contribution in [1.82, 2.24) is 14.1 Å². The molecule has 348 valence electrons. The van der Waals surface area contributed by atoms with Gasteiger partial charge < -0.3 is 13.9 Å². The standard InChI is InChI=1S/C65H59BN4S/c1-62(2,3)37-22-26-40(27-23-37)70-50-35-54-43(42-30-39(64(7,8)9)25-29-53(42)71-54)32-45(50)57-58-55(41-20-16-17-21-46(41)65(58,10)11)56-44-31-38(63(4,5)6)24-28-49(44)69-51-34-52-48(33-47(51)66(70)59(57)60(56)69)67-61(68(52)12)36-18-14-13-15-19-36/h13-35H,1-12H3. The molecule has 3 aliphatic rings. The molecule has 0 amide bonds. The molecule has 0 spiro atoms. The maximum absolute atomic E-state index is 5.51. The number of anilines is 2. The second-order valence-corrected chi connectivity index (χ2v) is 25.6. The Morgan fingerprint density at radius 3 is 1.93 bits per heavy atom. The highest BCUT2D eigenvalue weighted by Crippen LogP contribution is 2.60. The Hall–Kier alpha value is -6.89. The average molecular weight is 939 g/mol. The Labute approximate surface area is 421 Å². The molecule has 0 atom stereocenters. The zero-order valence-corrected chi connectivity index (χ0v) is 43.9. The average Bonchev–Trinajstić information content (AvgIpc) is 4.05. The van der Waals surface area contributed by atoms with Crippen LogP contribution < -0.4 is 15.7 Å². The van der Waals surface area contributed by atoms with E-state index in [1.165, 1.54) is 120 Å². The third-order valence-electron chi connectivity index (χ3n) is 16.7. The molecule has 2 aliphatic heterocycles. The second kappa shape index (κ2) is 14.0. The molecule has 14 rings (SSSR count). The lowest BCUT2D eigenvalue weighted by Crippen LogP contribution is -2.61. The van der Waals surface area contributed by atoms with E-state index in [-0.39, 0.29) is 28.5 Å². The van der Waals surface area contributed by atoms with Gasteiger partial charge in [0.15, 0.2) is 0 Å². The number of fused-ring (bicyclic) bond motifs is 17. The Morgan fingerprint density at radius 2 is 1.21 bits per heavy atom. The first-order valence-electron chi connectivity index (χ1n) is 25.5. The van der Waals surface area contributed by atoms with Crippen LogP contribution in [0.5, 0.6) is 0 Å². The fourth-order valence-electron chi connectivity index (χ4n) is 13.0. The van der Waals surface area contributed by atoms with Crippen LogP contribution in [0.4, 0.5) is 11.4 Å². The number of hydrogen-bond acceptors (Lipinski definition) is 3. The molecular formula is C65H59BN4S. The summed E-state index contributed by atoms with van der Waals surface area (Å²) in [5, 5.41) is 5.37. The van der Waals surface area contributed by atoms with E-state index in [2.05, 4.69) is 237 Å². The van der Waals surface area contributed by atoms with Gasteiger partial charge in [-0.2, -0.15) is 0 Å². The molecule has 6 heteroatoms. The van der Waals surface area contributed by atoms with E-state index in [1.54, 1.807) is 0 Å². The van der Waals surface area contributed by atoms with Crippen molar-refractivity contribution in [2.45, 2.75) is 97.8 Å². The predicted molar refractivity (Wildman–Crippen MR) is 306 cm³/mol. The number of thiophene rings is 1. The molecule has 11 aromatic rings. The molecule has 0 saturated heterocycles. The molecule has 1 aliphatic carbocycles. The summed E-state index contributed by atoms with van der Waals surface area (Å²) < 4.78 is 7.62. The van der Waals surface area contributed by atoms with E-state index in [1.807, 2.05) is 11.3 Å². The van der Waals surface area contributed by atoms with Gasteiger partial charge in [0.05, 0.1) is 22.1 Å². The summed E-state index contributed by atoms with van der Waals surface area (Å²) in [5.41, 5.74) is 24.2. The zero-order valence-electron chi connectivity index (χ0n) is 43.1. The van der Waals surface area contributed by atoms with Gasteiger partial charge in [-0.3, -0.25) is 0 Å². The van der Waals surface area contributed by atoms with Crippen LogP contribution >= 0.6 is 11.3 Å². The molecule has 8 aromatic carbocycles. The Bertz CT molecular complexity index is 4140. The minimum atomic E-state index is -0.290. The summed E-state index contributed by atoms with van der Waals surface area (Å²) in [4.78, 5) is 8.23. The van der Waals surface area contributed by atoms with Gasteiger partial charge >= 0.3 is 6.85 Å². The number of nitrogens with zero attached hydrogens (tertiary/aromatic N) is 4. The predicted octanol–water partition coefficient (Wildman–Crippen LogP) is 16.1. The lowest BCUT2D eigenvalue weighted by Gasteiger charge is -2.44. The van der Waals surface area contributed by atoms with E-state index >= 15 is 0 Å². The monoisotopic (exact) mass is 938 g/mol. The summed E-state index contributed by atoms with van der Waals surface area (Å²) >= 11 is 1.93. The summed E-state index contributed by atoms with van der Waals surface area (Å²) in [6.07, 6.45) is 0. The van der Waals surface area contributed by atoms with Crippen molar-refractivity contribution in [2.24, 2.45) is 7.05 Å². The van der Waals surface area contributed by atoms with Crippen LogP contribution in [-0.4, -0.2) is 21.0 Å². The summed E-state index contributed by atoms with van der Waals surface area (Å²) in [6, 6.07) is 54.2. The number of aryl methyl sites for hydroxylation is 1. The van der Waals surface area contributed by atoms with E-state index in [4.69, 9.17) is 4.98 Å². The molecular weight excluding hydrogens is 880 g/mol. The molecule has 71 heavy (non-hydrogen) atoms. The van der Waals surface area contributed by atoms with E-state index in [9.17, 15) is 0 Å². The lowest BCUT2D eigenvalue weighted by atomic mass is 9.43. The Morgan fingerprint density at radius 1 is 0.563 bits per heavy atom. The van der Waals surface area contributed by atoms with Gasteiger partial charge in [0.2, 0.25) is 0 Å². The van der Waals surface area contributed by atoms with Gasteiger partial charge in [0.1, 0.15) is 5.82 Å². The van der Waals surface area contributed by atoms with Crippen LogP contribution in [0.2, 0.25) is 0 Å². The van der Waals surface area contributed by atoms with Gasteiger partial charge in [-0.1, -0.05) is 155 Å². The largest absolute Gasteiger partial charge is 0.376 e. The normalized spacial score (nSPS) is 14.8. The molecule has 0 unspecified atom stereocenters. The second-order valence-electron chi connectivity index (χ2n) is 24.5. The molecule has 0 bridgehead atoms. The third kappa shape index (κ3) is 5.77. The molecule has 0 fully saturated rings. The van der Waals surface area contributed by atoms with Gasteiger partial charge in [-0.05, 0) is 132 Å². The van der Waals surface area contributed by atoms with Gasteiger partial charge in [0, 0.05) is 71.6 Å². The highest BCUT2D eigenvalue weighted by molar-refractivity contribution is 7.25. The molecule has 4 nitrogen and oxygen atoms in total. The van der Waals surface area contributed by atoms with E-state index in [0.717, 1.165) is 22.4 Å². The SMILES string of the molecule is Cn1c(-c2ccccc2)nc2cc3c(cc21)-n1c2ccc(C(C)(C)C)cc2c2c4c(c5c(c21)B3N(c1ccc(C(C)(C)C)cc1)c1cc2sc3ccc(C(C)(C)C)cc3c2cc1-5)C(C)(C)c1ccccc1-4. The van der Waals surface area contributed by atoms with Crippen molar-refractivity contribution in [1.29, 1.82) is 0 Å². The first-order valence-corrected chi connectivity index (χ1v) is 26.4. The maximum Gasteiger partial charge on any atom is 0.333 e. The zero-order chi connectivity index (χ0) is 49.0. The van der Waals surface area contributed by atoms with Crippen LogP contribution in [0.15, 0.2) is 140 Å². The van der Waals surface area contributed by atoms with E-state index < -0.39 is 0 Å². The molecule has 5 heterocycles. The Kier molecular flexibility index (Phi) is 8.44. The Balaban J connectivity index is 1.21. The minimum Gasteiger partial charge on any atom is -0.376 e. The molecule has 3 aromatic heterocycles. The third-order valence-corrected chi connectivity index (χ3v) is 17.9. The van der Waals surface area contributed by atoms with Gasteiger partial charge in [0.25, 0.3) is 0 Å². The van der Waals surface area contributed by atoms with Crippen molar-refractivity contribution >= 4 is 93.5 Å². The van der Waals surface area contributed by atoms with Crippen molar-refractivity contribution < 1.29 is 0 Å². The van der Waals surface area contributed by atoms with Crippen molar-refractivity contribution in [2.75, 3.05) is 4.81 Å². The van der Waals surface area contributed by atoms with Crippen LogP contribution in [-0.2, 0) is 28.7 Å². The van der Waals surface area contributed by atoms with E-state index in [0.29, 0.717) is 0 Å².